The van der Waals surface area contributed by atoms with Crippen molar-refractivity contribution in [3.05, 3.63) is 0 Å². The highest BCUT2D eigenvalue weighted by molar-refractivity contribution is 5.76. The van der Waals surface area contributed by atoms with Gasteiger partial charge >= 0.3 is 5.97 Å². The lowest BCUT2D eigenvalue weighted by molar-refractivity contribution is -0.339. The van der Waals surface area contributed by atoms with Gasteiger partial charge < -0.3 is 9.47 Å². The van der Waals surface area contributed by atoms with Gasteiger partial charge in [0, 0.05) is 5.41 Å². The van der Waals surface area contributed by atoms with Gasteiger partial charge in [0.05, 0.1) is 11.5 Å². The van der Waals surface area contributed by atoms with Crippen molar-refractivity contribution in [1.82, 2.24) is 0 Å². The predicted molar refractivity (Wildman–Crippen MR) is 63.2 cm³/mol. The molecule has 1 saturated heterocycles. The van der Waals surface area contributed by atoms with E-state index in [-0.39, 0.29) is 29.2 Å². The second kappa shape index (κ2) is 3.47. The van der Waals surface area contributed by atoms with Crippen LogP contribution >= 0.6 is 0 Å². The molecule has 3 aliphatic rings. The van der Waals surface area contributed by atoms with Crippen molar-refractivity contribution in [2.24, 2.45) is 17.3 Å². The van der Waals surface area contributed by atoms with Gasteiger partial charge in [0.25, 0.3) is 0 Å². The average Bonchev–Trinajstić information content (AvgIpc) is 2.18. The largest absolute Gasteiger partial charge is 0.435 e. The van der Waals surface area contributed by atoms with E-state index >= 15 is 0 Å². The van der Waals surface area contributed by atoms with E-state index in [2.05, 4.69) is 20.8 Å². The van der Waals surface area contributed by atoms with E-state index < -0.39 is 0 Å². The van der Waals surface area contributed by atoms with Gasteiger partial charge in [0.2, 0.25) is 6.29 Å². The Morgan fingerprint density at radius 2 is 2.06 bits per heavy atom. The smallest absolute Gasteiger partial charge is 0.314 e. The first-order chi connectivity index (χ1) is 7.93. The second-order valence-electron chi connectivity index (χ2n) is 6.94. The first-order valence-corrected chi connectivity index (χ1v) is 6.82. The van der Waals surface area contributed by atoms with E-state index in [1.807, 2.05) is 0 Å². The van der Waals surface area contributed by atoms with Crippen LogP contribution in [-0.2, 0) is 14.3 Å². The van der Waals surface area contributed by atoms with Crippen molar-refractivity contribution in [3.63, 3.8) is 0 Å². The van der Waals surface area contributed by atoms with Crippen LogP contribution in [0.5, 0.6) is 0 Å². The molecule has 17 heavy (non-hydrogen) atoms. The minimum Gasteiger partial charge on any atom is -0.435 e. The van der Waals surface area contributed by atoms with Gasteiger partial charge in [-0.1, -0.05) is 33.6 Å². The highest BCUT2D eigenvalue weighted by atomic mass is 16.7. The SMILES string of the molecule is CC(C)(C)[C@@H]1OC(=O)[C@H]2C[C@@H]3CCCC[C@@]32O1. The molecule has 1 aliphatic heterocycles. The minimum atomic E-state index is -0.368. The van der Waals surface area contributed by atoms with Crippen molar-refractivity contribution in [2.75, 3.05) is 0 Å². The first-order valence-electron chi connectivity index (χ1n) is 6.82. The summed E-state index contributed by atoms with van der Waals surface area (Å²) >= 11 is 0. The molecule has 1 heterocycles. The van der Waals surface area contributed by atoms with Crippen LogP contribution in [0.25, 0.3) is 0 Å². The van der Waals surface area contributed by atoms with Gasteiger partial charge in [-0.15, -0.1) is 0 Å². The fourth-order valence-corrected chi connectivity index (χ4v) is 3.64. The highest BCUT2D eigenvalue weighted by Gasteiger charge is 2.64. The molecule has 3 nitrogen and oxygen atoms in total. The molecule has 3 heteroatoms. The maximum atomic E-state index is 12.1. The Bertz CT molecular complexity index is 344. The van der Waals surface area contributed by atoms with Crippen molar-refractivity contribution in [2.45, 2.75) is 64.8 Å². The van der Waals surface area contributed by atoms with Crippen LogP contribution in [0.1, 0.15) is 52.9 Å². The Hall–Kier alpha value is -0.570. The summed E-state index contributed by atoms with van der Waals surface area (Å²) in [5.41, 5.74) is -0.293. The Morgan fingerprint density at radius 3 is 2.71 bits per heavy atom. The van der Waals surface area contributed by atoms with E-state index in [1.165, 1.54) is 19.3 Å². The molecule has 0 aromatic rings. The summed E-state index contributed by atoms with van der Waals surface area (Å²) in [5.74, 6) is 0.597. The van der Waals surface area contributed by atoms with Gasteiger partial charge in [-0.3, -0.25) is 4.79 Å². The summed E-state index contributed by atoms with van der Waals surface area (Å²) in [4.78, 5) is 12.1. The van der Waals surface area contributed by atoms with Crippen LogP contribution in [-0.4, -0.2) is 17.9 Å². The summed E-state index contributed by atoms with van der Waals surface area (Å²) in [6.45, 7) is 6.20. The molecular formula is C14H22O3. The molecule has 96 valence electrons. The molecule has 0 radical (unpaired) electrons. The minimum absolute atomic E-state index is 0.0191. The maximum absolute atomic E-state index is 12.1. The van der Waals surface area contributed by atoms with Crippen LogP contribution in [0.2, 0.25) is 0 Å². The molecule has 0 N–H and O–H groups in total. The topological polar surface area (TPSA) is 35.5 Å². The van der Waals surface area contributed by atoms with Gasteiger partial charge in [-0.2, -0.15) is 0 Å². The lowest BCUT2D eigenvalue weighted by atomic mass is 9.54. The number of ether oxygens (including phenoxy) is 2. The molecule has 0 unspecified atom stereocenters. The molecule has 0 aromatic heterocycles. The maximum Gasteiger partial charge on any atom is 0.314 e. The molecular weight excluding hydrogens is 216 g/mol. The fraction of sp³-hybridized carbons (Fsp3) is 0.929. The quantitative estimate of drug-likeness (QED) is 0.609. The van der Waals surface area contributed by atoms with Gasteiger partial charge in [-0.05, 0) is 25.2 Å². The Balaban J connectivity index is 1.86. The van der Waals surface area contributed by atoms with E-state index in [9.17, 15) is 4.79 Å². The molecule has 3 rings (SSSR count). The number of hydrogen-bond donors (Lipinski definition) is 0. The predicted octanol–water partition coefficient (Wildman–Crippen LogP) is 2.88. The van der Waals surface area contributed by atoms with E-state index in [4.69, 9.17) is 9.47 Å². The molecule has 4 atom stereocenters. The number of carbonyl (C=O) groups is 1. The van der Waals surface area contributed by atoms with Crippen LogP contribution in [0, 0.1) is 17.3 Å². The number of carbonyl (C=O) groups excluding carboxylic acids is 1. The van der Waals surface area contributed by atoms with Crippen molar-refractivity contribution in [1.29, 1.82) is 0 Å². The van der Waals surface area contributed by atoms with E-state index in [0.717, 1.165) is 12.8 Å². The second-order valence-corrected chi connectivity index (χ2v) is 6.94. The summed E-state index contributed by atoms with van der Waals surface area (Å²) in [7, 11) is 0. The van der Waals surface area contributed by atoms with Crippen molar-refractivity contribution < 1.29 is 14.3 Å². The standard InChI is InChI=1S/C14H22O3/c1-13(2,3)12-16-11(15)10-8-9-6-4-5-7-14(9,10)17-12/h9-10,12H,4-8H2,1-3H3/t9-,10+,12+,14+/m0/s1. The van der Waals surface area contributed by atoms with Crippen molar-refractivity contribution >= 4 is 5.97 Å². The zero-order valence-corrected chi connectivity index (χ0v) is 11.0. The van der Waals surface area contributed by atoms with Crippen LogP contribution in [0.4, 0.5) is 0 Å². The first kappa shape index (κ1) is 11.5. The molecule has 0 bridgehead atoms. The third kappa shape index (κ3) is 1.55. The fourth-order valence-electron chi connectivity index (χ4n) is 3.64. The van der Waals surface area contributed by atoms with Gasteiger partial charge in [0.1, 0.15) is 0 Å². The average molecular weight is 238 g/mol. The van der Waals surface area contributed by atoms with Crippen LogP contribution in [0.3, 0.4) is 0 Å². The van der Waals surface area contributed by atoms with Crippen LogP contribution in [0.15, 0.2) is 0 Å². The zero-order valence-electron chi connectivity index (χ0n) is 11.0. The lowest BCUT2D eigenvalue weighted by Crippen LogP contribution is -2.67. The van der Waals surface area contributed by atoms with E-state index in [1.54, 1.807) is 0 Å². The molecule has 2 aliphatic carbocycles. The summed E-state index contributed by atoms with van der Waals surface area (Å²) in [5, 5.41) is 0. The number of esters is 1. The van der Waals surface area contributed by atoms with Gasteiger partial charge in [0.15, 0.2) is 0 Å². The van der Waals surface area contributed by atoms with Crippen LogP contribution < -0.4 is 0 Å². The zero-order chi connectivity index (χ0) is 12.3. The monoisotopic (exact) mass is 238 g/mol. The molecule has 0 aromatic carbocycles. The third-order valence-electron chi connectivity index (χ3n) is 4.71. The summed E-state index contributed by atoms with van der Waals surface area (Å²) < 4.78 is 11.7. The Kier molecular flexibility index (Phi) is 2.35. The van der Waals surface area contributed by atoms with Crippen molar-refractivity contribution in [3.8, 4) is 0 Å². The molecule has 0 amide bonds. The number of cyclic esters (lactones) is 1. The molecule has 2 saturated carbocycles. The normalized spacial score (nSPS) is 45.4. The Morgan fingerprint density at radius 1 is 1.29 bits per heavy atom. The van der Waals surface area contributed by atoms with E-state index in [0.29, 0.717) is 5.92 Å². The number of hydrogen-bond acceptors (Lipinski definition) is 3. The Labute approximate surface area is 103 Å². The molecule has 1 spiro atoms. The summed E-state index contributed by atoms with van der Waals surface area (Å²) in [6.07, 6.45) is 5.36. The third-order valence-corrected chi connectivity index (χ3v) is 4.71. The lowest BCUT2D eigenvalue weighted by Gasteiger charge is -2.61. The van der Waals surface area contributed by atoms with Gasteiger partial charge in [-0.25, -0.2) is 0 Å². The molecule has 3 fully saturated rings. The highest BCUT2D eigenvalue weighted by Crippen LogP contribution is 2.58. The summed E-state index contributed by atoms with van der Waals surface area (Å²) in [6, 6.07) is 0. The number of rotatable bonds is 0.